The molecule has 0 saturated carbocycles. The number of hydrogen-bond donors (Lipinski definition) is 0. The minimum atomic E-state index is -0.180. The Morgan fingerprint density at radius 1 is 1.26 bits per heavy atom. The molecule has 0 radical (unpaired) electrons. The first kappa shape index (κ1) is 16.1. The van der Waals surface area contributed by atoms with Crippen LogP contribution < -0.4 is 0 Å². The summed E-state index contributed by atoms with van der Waals surface area (Å²) in [5.74, 6) is 0.531. The van der Waals surface area contributed by atoms with Crippen LogP contribution in [0, 0.1) is 0 Å². The number of amides is 1. The van der Waals surface area contributed by atoms with Gasteiger partial charge in [0.1, 0.15) is 10.9 Å². The summed E-state index contributed by atoms with van der Waals surface area (Å²) in [5.41, 5.74) is 0.391. The molecule has 0 saturated heterocycles. The monoisotopic (exact) mass is 366 g/mol. The first-order valence-electron chi connectivity index (χ1n) is 6.78. The molecule has 3 aromatic rings. The fraction of sp³-hybridized carbons (Fsp3) is 0.125. The van der Waals surface area contributed by atoms with Crippen molar-refractivity contribution in [2.45, 2.75) is 13.1 Å². The van der Waals surface area contributed by atoms with E-state index in [1.165, 1.54) is 12.3 Å². The Hall–Kier alpha value is -1.82. The van der Waals surface area contributed by atoms with Gasteiger partial charge in [-0.2, -0.15) is 0 Å². The molecule has 0 aliphatic carbocycles. The Morgan fingerprint density at radius 2 is 2.13 bits per heavy atom. The third-order valence-corrected chi connectivity index (χ3v) is 4.73. The molecule has 0 aliphatic rings. The molecule has 23 heavy (non-hydrogen) atoms. The Labute approximate surface area is 147 Å². The molecule has 0 bridgehead atoms. The highest BCUT2D eigenvalue weighted by Gasteiger charge is 2.19. The summed E-state index contributed by atoms with van der Waals surface area (Å²) in [4.78, 5) is 19.5. The Morgan fingerprint density at radius 3 is 2.78 bits per heavy atom. The number of aromatic nitrogens is 1. The van der Waals surface area contributed by atoms with Crippen molar-refractivity contribution >= 4 is 40.4 Å². The van der Waals surface area contributed by atoms with Gasteiger partial charge in [0, 0.05) is 11.1 Å². The highest BCUT2D eigenvalue weighted by Crippen LogP contribution is 2.22. The SMILES string of the molecule is O=C(c1cnc(Cl)c(Cl)c1)N(Cc1ccco1)Cc1cccs1. The maximum absolute atomic E-state index is 12.8. The fourth-order valence-electron chi connectivity index (χ4n) is 2.10. The minimum absolute atomic E-state index is 0.180. The Bertz CT molecular complexity index is 752. The number of nitrogens with zero attached hydrogens (tertiary/aromatic N) is 2. The van der Waals surface area contributed by atoms with Crippen molar-refractivity contribution in [3.8, 4) is 0 Å². The lowest BCUT2D eigenvalue weighted by Crippen LogP contribution is -2.29. The van der Waals surface area contributed by atoms with E-state index in [-0.39, 0.29) is 16.1 Å². The van der Waals surface area contributed by atoms with Crippen LogP contribution in [0.25, 0.3) is 0 Å². The van der Waals surface area contributed by atoms with Crippen molar-refractivity contribution in [3.05, 3.63) is 74.5 Å². The molecule has 1 amide bonds. The van der Waals surface area contributed by atoms with Gasteiger partial charge in [-0.05, 0) is 29.6 Å². The second-order valence-electron chi connectivity index (χ2n) is 4.82. The average molecular weight is 367 g/mol. The summed E-state index contributed by atoms with van der Waals surface area (Å²) in [5, 5.41) is 2.41. The van der Waals surface area contributed by atoms with Crippen molar-refractivity contribution in [2.75, 3.05) is 0 Å². The van der Waals surface area contributed by atoms with E-state index >= 15 is 0 Å². The van der Waals surface area contributed by atoms with E-state index < -0.39 is 0 Å². The van der Waals surface area contributed by atoms with E-state index in [1.807, 2.05) is 23.6 Å². The molecule has 0 spiro atoms. The highest BCUT2D eigenvalue weighted by atomic mass is 35.5. The van der Waals surface area contributed by atoms with Gasteiger partial charge >= 0.3 is 0 Å². The quantitative estimate of drug-likeness (QED) is 0.604. The molecule has 0 unspecified atom stereocenters. The normalized spacial score (nSPS) is 10.7. The van der Waals surface area contributed by atoms with Gasteiger partial charge in [0.25, 0.3) is 5.91 Å². The van der Waals surface area contributed by atoms with Crippen LogP contribution in [-0.4, -0.2) is 15.8 Å². The topological polar surface area (TPSA) is 46.3 Å². The predicted molar refractivity (Wildman–Crippen MR) is 90.9 cm³/mol. The number of thiophene rings is 1. The van der Waals surface area contributed by atoms with Crippen LogP contribution in [0.1, 0.15) is 21.0 Å². The summed E-state index contributed by atoms with van der Waals surface area (Å²) in [6.45, 7) is 0.849. The maximum atomic E-state index is 12.8. The van der Waals surface area contributed by atoms with Crippen molar-refractivity contribution < 1.29 is 9.21 Å². The molecule has 3 rings (SSSR count). The van der Waals surface area contributed by atoms with Crippen LogP contribution in [0.5, 0.6) is 0 Å². The molecule has 0 atom stereocenters. The van der Waals surface area contributed by atoms with Crippen molar-refractivity contribution in [3.63, 3.8) is 0 Å². The number of halogens is 2. The smallest absolute Gasteiger partial charge is 0.256 e. The second-order valence-corrected chi connectivity index (χ2v) is 6.61. The molecule has 7 heteroatoms. The molecular formula is C16H12Cl2N2O2S. The van der Waals surface area contributed by atoms with Crippen molar-refractivity contribution in [1.29, 1.82) is 0 Å². The lowest BCUT2D eigenvalue weighted by molar-refractivity contribution is 0.0719. The van der Waals surface area contributed by atoms with E-state index in [2.05, 4.69) is 4.98 Å². The zero-order chi connectivity index (χ0) is 16.2. The molecule has 118 valence electrons. The Balaban J connectivity index is 1.86. The van der Waals surface area contributed by atoms with Gasteiger partial charge in [-0.1, -0.05) is 29.3 Å². The molecule has 0 aliphatic heterocycles. The van der Waals surface area contributed by atoms with Gasteiger partial charge in [-0.25, -0.2) is 4.98 Å². The minimum Gasteiger partial charge on any atom is -0.467 e. The molecule has 3 aromatic heterocycles. The van der Waals surface area contributed by atoms with Crippen LogP contribution in [0.15, 0.2) is 52.6 Å². The van der Waals surface area contributed by atoms with E-state index in [1.54, 1.807) is 28.6 Å². The van der Waals surface area contributed by atoms with Gasteiger partial charge in [0.2, 0.25) is 0 Å². The largest absolute Gasteiger partial charge is 0.467 e. The van der Waals surface area contributed by atoms with Gasteiger partial charge in [0.15, 0.2) is 0 Å². The number of furan rings is 1. The average Bonchev–Trinajstić information content (AvgIpc) is 3.22. The third-order valence-electron chi connectivity index (χ3n) is 3.18. The summed E-state index contributed by atoms with van der Waals surface area (Å²) in [6.07, 6.45) is 3.02. The van der Waals surface area contributed by atoms with Gasteiger partial charge in [-0.15, -0.1) is 11.3 Å². The van der Waals surface area contributed by atoms with Crippen LogP contribution in [0.2, 0.25) is 10.2 Å². The third kappa shape index (κ3) is 3.93. The first-order chi connectivity index (χ1) is 11.1. The first-order valence-corrected chi connectivity index (χ1v) is 8.42. The molecule has 0 fully saturated rings. The van der Waals surface area contributed by atoms with Gasteiger partial charge < -0.3 is 9.32 Å². The van der Waals surface area contributed by atoms with Gasteiger partial charge in [-0.3, -0.25) is 4.79 Å². The zero-order valence-corrected chi connectivity index (χ0v) is 14.2. The van der Waals surface area contributed by atoms with E-state index in [0.717, 1.165) is 4.88 Å². The number of hydrogen-bond acceptors (Lipinski definition) is 4. The highest BCUT2D eigenvalue weighted by molar-refractivity contribution is 7.09. The second kappa shape index (κ2) is 7.17. The lowest BCUT2D eigenvalue weighted by atomic mass is 10.2. The number of carbonyl (C=O) groups excluding carboxylic acids is 1. The van der Waals surface area contributed by atoms with E-state index in [0.29, 0.717) is 24.4 Å². The molecule has 0 aromatic carbocycles. The molecular weight excluding hydrogens is 355 g/mol. The van der Waals surface area contributed by atoms with Gasteiger partial charge in [0.05, 0.1) is 29.9 Å². The summed E-state index contributed by atoms with van der Waals surface area (Å²) in [6, 6.07) is 9.10. The zero-order valence-electron chi connectivity index (χ0n) is 11.9. The molecule has 3 heterocycles. The fourth-order valence-corrected chi connectivity index (χ4v) is 3.09. The number of rotatable bonds is 5. The molecule has 0 N–H and O–H groups in total. The maximum Gasteiger partial charge on any atom is 0.256 e. The molecule has 4 nitrogen and oxygen atoms in total. The van der Waals surface area contributed by atoms with Crippen LogP contribution >= 0.6 is 34.5 Å². The summed E-state index contributed by atoms with van der Waals surface area (Å²) in [7, 11) is 0. The number of pyridine rings is 1. The van der Waals surface area contributed by atoms with Crippen molar-refractivity contribution in [1.82, 2.24) is 9.88 Å². The van der Waals surface area contributed by atoms with E-state index in [9.17, 15) is 4.79 Å². The van der Waals surface area contributed by atoms with Crippen LogP contribution in [0.4, 0.5) is 0 Å². The Kier molecular flexibility index (Phi) is 5.00. The van der Waals surface area contributed by atoms with Crippen LogP contribution in [0.3, 0.4) is 0 Å². The summed E-state index contributed by atoms with van der Waals surface area (Å²) >= 11 is 13.4. The summed E-state index contributed by atoms with van der Waals surface area (Å²) < 4.78 is 5.36. The van der Waals surface area contributed by atoms with E-state index in [4.69, 9.17) is 27.6 Å². The standard InChI is InChI=1S/C16H12Cl2N2O2S/c17-14-7-11(8-19-15(14)18)16(21)20(9-12-3-1-5-22-12)10-13-4-2-6-23-13/h1-8H,9-10H2. The predicted octanol–water partition coefficient (Wildman–Crippen LogP) is 4.89. The van der Waals surface area contributed by atoms with Crippen molar-refractivity contribution in [2.24, 2.45) is 0 Å². The lowest BCUT2D eigenvalue weighted by Gasteiger charge is -2.21. The van der Waals surface area contributed by atoms with Crippen LogP contribution in [-0.2, 0) is 13.1 Å². The number of carbonyl (C=O) groups is 1.